The Labute approximate surface area is 187 Å². The highest BCUT2D eigenvalue weighted by Gasteiger charge is 2.30. The van der Waals surface area contributed by atoms with Crippen LogP contribution < -0.4 is 4.31 Å². The molecule has 0 saturated carbocycles. The number of rotatable bonds is 7. The molecule has 1 N–H and O–H groups in total. The molecule has 1 aliphatic rings. The number of anilines is 1. The Morgan fingerprint density at radius 2 is 1.97 bits per heavy atom. The van der Waals surface area contributed by atoms with Gasteiger partial charge in [0.1, 0.15) is 6.54 Å². The van der Waals surface area contributed by atoms with Gasteiger partial charge in [0, 0.05) is 33.8 Å². The topological polar surface area (TPSA) is 116 Å². The average molecular weight is 453 g/mol. The van der Waals surface area contributed by atoms with Crippen molar-refractivity contribution in [1.82, 2.24) is 9.78 Å². The van der Waals surface area contributed by atoms with Crippen molar-refractivity contribution in [1.29, 1.82) is 0 Å². The summed E-state index contributed by atoms with van der Waals surface area (Å²) in [7, 11) is 0. The molecule has 0 bridgehead atoms. The van der Waals surface area contributed by atoms with Crippen LogP contribution in [0.1, 0.15) is 47.4 Å². The van der Waals surface area contributed by atoms with Crippen molar-refractivity contribution < 1.29 is 23.5 Å². The Balaban J connectivity index is 1.66. The van der Waals surface area contributed by atoms with E-state index in [1.165, 1.54) is 15.9 Å². The van der Waals surface area contributed by atoms with E-state index in [0.717, 1.165) is 28.8 Å². The largest absolute Gasteiger partial charge is 0.755 e. The van der Waals surface area contributed by atoms with Crippen molar-refractivity contribution >= 4 is 28.7 Å². The minimum absolute atomic E-state index is 0.0204. The normalized spacial score (nSPS) is 16.2. The number of aliphatic carboxylic acids is 1. The lowest BCUT2D eigenvalue weighted by molar-refractivity contribution is -0.137. The zero-order valence-corrected chi connectivity index (χ0v) is 18.2. The second kappa shape index (κ2) is 9.05. The van der Waals surface area contributed by atoms with Gasteiger partial charge in [0.05, 0.1) is 12.2 Å². The summed E-state index contributed by atoms with van der Waals surface area (Å²) < 4.78 is 27.2. The van der Waals surface area contributed by atoms with Crippen LogP contribution in [0, 0.1) is 0 Å². The number of hydrogen-bond donors (Lipinski definition) is 1. The average Bonchev–Trinajstić information content (AvgIpc) is 3.17. The van der Waals surface area contributed by atoms with Gasteiger partial charge in [-0.15, -0.1) is 0 Å². The van der Waals surface area contributed by atoms with Gasteiger partial charge in [-0.25, -0.2) is 0 Å². The third-order valence-corrected chi connectivity index (χ3v) is 6.47. The minimum Gasteiger partial charge on any atom is -0.755 e. The molecule has 9 heteroatoms. The molecule has 0 fully saturated rings. The molecule has 32 heavy (non-hydrogen) atoms. The first kappa shape index (κ1) is 21.9. The summed E-state index contributed by atoms with van der Waals surface area (Å²) >= 11 is -2.54. The molecule has 0 spiro atoms. The van der Waals surface area contributed by atoms with Gasteiger partial charge in [0.25, 0.3) is 0 Å². The predicted octanol–water partition coefficient (Wildman–Crippen LogP) is 3.52. The highest BCUT2D eigenvalue weighted by molar-refractivity contribution is 7.80. The summed E-state index contributed by atoms with van der Waals surface area (Å²) in [5, 5.41) is 13.3. The van der Waals surface area contributed by atoms with Crippen molar-refractivity contribution in [2.75, 3.05) is 4.31 Å². The number of carboxylic acids is 1. The molecule has 1 aliphatic carbocycles. The van der Waals surface area contributed by atoms with E-state index in [0.29, 0.717) is 24.1 Å². The van der Waals surface area contributed by atoms with Gasteiger partial charge in [0.2, 0.25) is 0 Å². The highest BCUT2D eigenvalue weighted by Crippen LogP contribution is 2.38. The molecule has 0 amide bonds. The summed E-state index contributed by atoms with van der Waals surface area (Å²) in [6, 6.07) is 14.0. The second-order valence-electron chi connectivity index (χ2n) is 7.73. The third kappa shape index (κ3) is 4.35. The molecule has 2 unspecified atom stereocenters. The van der Waals surface area contributed by atoms with Crippen molar-refractivity contribution in [2.45, 2.75) is 38.8 Å². The van der Waals surface area contributed by atoms with Crippen molar-refractivity contribution in [3.63, 3.8) is 0 Å². The molecule has 2 aromatic carbocycles. The van der Waals surface area contributed by atoms with E-state index in [4.69, 9.17) is 5.11 Å². The Bertz CT molecular complexity index is 1190. The number of nitrogens with zero attached hydrogens (tertiary/aromatic N) is 3. The van der Waals surface area contributed by atoms with Gasteiger partial charge < -0.3 is 9.66 Å². The van der Waals surface area contributed by atoms with E-state index < -0.39 is 23.3 Å². The number of carbonyl (C=O) groups excluding carboxylic acids is 1. The maximum atomic E-state index is 12.2. The minimum atomic E-state index is -2.54. The predicted molar refractivity (Wildman–Crippen MR) is 119 cm³/mol. The lowest BCUT2D eigenvalue weighted by Crippen LogP contribution is -2.33. The van der Waals surface area contributed by atoms with E-state index in [1.54, 1.807) is 24.4 Å². The van der Waals surface area contributed by atoms with E-state index in [-0.39, 0.29) is 12.3 Å². The zero-order chi connectivity index (χ0) is 22.8. The molecule has 4 rings (SSSR count). The Kier molecular flexibility index (Phi) is 6.20. The lowest BCUT2D eigenvalue weighted by atomic mass is 9.92. The summed E-state index contributed by atoms with van der Waals surface area (Å²) in [5.41, 5.74) is 4.35. The van der Waals surface area contributed by atoms with Crippen LogP contribution in [0.2, 0.25) is 0 Å². The van der Waals surface area contributed by atoms with Crippen molar-refractivity contribution in [3.05, 3.63) is 71.5 Å². The first-order valence-corrected chi connectivity index (χ1v) is 11.2. The molecule has 2 atom stereocenters. The quantitative estimate of drug-likeness (QED) is 0.433. The number of ketones is 1. The molecule has 0 saturated heterocycles. The maximum absolute atomic E-state index is 12.2. The standard InChI is InChI=1S/C23H23N3O5S/c1-15(27)17-4-2-5-18(12-17)16-8-10-19(11-9-16)26(32(30)31)22-7-3-6-21-20(22)13-24-25(21)14-23(28)29/h2,4-5,8-13,22H,3,6-7,14H2,1H3,(H,28,29)(H,30,31)/p-1. The van der Waals surface area contributed by atoms with Crippen LogP contribution in [0.25, 0.3) is 11.1 Å². The SMILES string of the molecule is CC(=O)c1cccc(-c2ccc(N(C3CCCc4c3cnn4CC(=O)O)S(=O)[O-])cc2)c1. The number of benzene rings is 2. The van der Waals surface area contributed by atoms with Crippen LogP contribution in [0.3, 0.4) is 0 Å². The first-order chi connectivity index (χ1) is 15.3. The Morgan fingerprint density at radius 1 is 1.22 bits per heavy atom. The Hall–Kier alpha value is -3.30. The van der Waals surface area contributed by atoms with Crippen LogP contribution in [-0.2, 0) is 29.0 Å². The molecule has 0 aliphatic heterocycles. The molecule has 1 heterocycles. The van der Waals surface area contributed by atoms with Crippen LogP contribution in [0.5, 0.6) is 0 Å². The molecule has 166 valence electrons. The van der Waals surface area contributed by atoms with Crippen LogP contribution in [0.15, 0.2) is 54.7 Å². The molecular weight excluding hydrogens is 430 g/mol. The number of Topliss-reactive ketones (excluding diaryl/α,β-unsaturated/α-hetero) is 1. The summed E-state index contributed by atoms with van der Waals surface area (Å²) in [6.07, 6.45) is 3.57. The van der Waals surface area contributed by atoms with Crippen LogP contribution in [0.4, 0.5) is 5.69 Å². The molecular formula is C23H22N3O5S-. The van der Waals surface area contributed by atoms with E-state index >= 15 is 0 Å². The monoisotopic (exact) mass is 452 g/mol. The van der Waals surface area contributed by atoms with Crippen molar-refractivity contribution in [2.24, 2.45) is 0 Å². The fraction of sp³-hybridized carbons (Fsp3) is 0.261. The van der Waals surface area contributed by atoms with Gasteiger partial charge in [0.15, 0.2) is 5.78 Å². The smallest absolute Gasteiger partial charge is 0.325 e. The Morgan fingerprint density at radius 3 is 2.62 bits per heavy atom. The zero-order valence-electron chi connectivity index (χ0n) is 17.4. The molecule has 3 aromatic rings. The number of carboxylic acid groups (broad SMARTS) is 1. The van der Waals surface area contributed by atoms with Crippen LogP contribution >= 0.6 is 0 Å². The third-order valence-electron chi connectivity index (χ3n) is 5.68. The molecule has 1 aromatic heterocycles. The van der Waals surface area contributed by atoms with Gasteiger partial charge in [-0.2, -0.15) is 5.10 Å². The highest BCUT2D eigenvalue weighted by atomic mass is 32.2. The van der Waals surface area contributed by atoms with E-state index in [9.17, 15) is 18.4 Å². The molecule has 0 radical (unpaired) electrons. The van der Waals surface area contributed by atoms with Gasteiger partial charge in [-0.3, -0.25) is 22.8 Å². The number of aromatic nitrogens is 2. The summed E-state index contributed by atoms with van der Waals surface area (Å²) in [4.78, 5) is 22.8. The van der Waals surface area contributed by atoms with E-state index in [1.807, 2.05) is 30.3 Å². The lowest BCUT2D eigenvalue weighted by Gasteiger charge is -2.37. The second-order valence-corrected chi connectivity index (χ2v) is 8.56. The summed E-state index contributed by atoms with van der Waals surface area (Å²) in [6.45, 7) is 1.26. The van der Waals surface area contributed by atoms with Crippen molar-refractivity contribution in [3.8, 4) is 11.1 Å². The van der Waals surface area contributed by atoms with Crippen LogP contribution in [-0.4, -0.2) is 35.4 Å². The fourth-order valence-electron chi connectivity index (χ4n) is 4.19. The number of fused-ring (bicyclic) bond motifs is 1. The van der Waals surface area contributed by atoms with Gasteiger partial charge in [-0.05, 0) is 55.5 Å². The fourth-order valence-corrected chi connectivity index (χ4v) is 4.91. The number of carbonyl (C=O) groups is 2. The van der Waals surface area contributed by atoms with Gasteiger partial charge >= 0.3 is 5.97 Å². The summed E-state index contributed by atoms with van der Waals surface area (Å²) in [5.74, 6) is -1.01. The molecule has 8 nitrogen and oxygen atoms in total. The first-order valence-electron chi connectivity index (χ1n) is 10.2. The van der Waals surface area contributed by atoms with E-state index in [2.05, 4.69) is 5.10 Å². The maximum Gasteiger partial charge on any atom is 0.325 e. The van der Waals surface area contributed by atoms with Gasteiger partial charge in [-0.1, -0.05) is 30.3 Å². The number of hydrogen-bond acceptors (Lipinski definition) is 5.